The lowest BCUT2D eigenvalue weighted by Gasteiger charge is -2.03. The van der Waals surface area contributed by atoms with Crippen LogP contribution in [-0.4, -0.2) is 14.7 Å². The van der Waals surface area contributed by atoms with Gasteiger partial charge in [-0.3, -0.25) is 0 Å². The monoisotopic (exact) mass is 259 g/mol. The van der Waals surface area contributed by atoms with Gasteiger partial charge in [0.15, 0.2) is 4.77 Å². The maximum atomic E-state index is 5.37. The minimum atomic E-state index is 0.626. The topological polar surface area (TPSA) is 46.8 Å². The van der Waals surface area contributed by atoms with Crippen molar-refractivity contribution < 1.29 is 4.52 Å². The predicted molar refractivity (Wildman–Crippen MR) is 72.2 cm³/mol. The van der Waals surface area contributed by atoms with E-state index in [1.807, 2.05) is 25.1 Å². The fourth-order valence-corrected chi connectivity index (χ4v) is 2.47. The van der Waals surface area contributed by atoms with Crippen molar-refractivity contribution in [3.63, 3.8) is 0 Å². The molecule has 5 heteroatoms. The molecule has 0 atom stereocenters. The Bertz CT molecular complexity index is 766. The molecule has 0 amide bonds. The zero-order valence-corrected chi connectivity index (χ0v) is 11.0. The van der Waals surface area contributed by atoms with E-state index >= 15 is 0 Å². The van der Waals surface area contributed by atoms with Gasteiger partial charge < -0.3 is 14.1 Å². The highest BCUT2D eigenvalue weighted by molar-refractivity contribution is 7.71. The number of nitrogens with one attached hydrogen (secondary N) is 1. The lowest BCUT2D eigenvalue weighted by molar-refractivity contribution is 0.389. The fourth-order valence-electron chi connectivity index (χ4n) is 2.21. The van der Waals surface area contributed by atoms with Gasteiger partial charge >= 0.3 is 0 Å². The second-order valence-electron chi connectivity index (χ2n) is 4.42. The molecule has 0 aliphatic carbocycles. The third-order valence-electron chi connectivity index (χ3n) is 2.99. The van der Waals surface area contributed by atoms with Gasteiger partial charge in [-0.2, -0.15) is 0 Å². The molecular weight excluding hydrogens is 246 g/mol. The van der Waals surface area contributed by atoms with Crippen LogP contribution in [0, 0.1) is 18.6 Å². The van der Waals surface area contributed by atoms with Gasteiger partial charge in [-0.1, -0.05) is 17.3 Å². The second-order valence-corrected chi connectivity index (χ2v) is 4.80. The number of hydrogen-bond donors (Lipinski definition) is 1. The van der Waals surface area contributed by atoms with E-state index in [9.17, 15) is 0 Å². The molecule has 0 fully saturated rings. The summed E-state index contributed by atoms with van der Waals surface area (Å²) in [5.41, 5.74) is 4.26. The molecule has 92 valence electrons. The van der Waals surface area contributed by atoms with Gasteiger partial charge in [0.1, 0.15) is 11.5 Å². The predicted octanol–water partition coefficient (Wildman–Crippen LogP) is 3.35. The number of imidazole rings is 1. The summed E-state index contributed by atoms with van der Waals surface area (Å²) in [6, 6.07) is 8.06. The van der Waals surface area contributed by atoms with Crippen molar-refractivity contribution in [3.8, 4) is 0 Å². The molecule has 4 nitrogen and oxygen atoms in total. The van der Waals surface area contributed by atoms with Crippen molar-refractivity contribution in [1.29, 1.82) is 0 Å². The van der Waals surface area contributed by atoms with Crippen molar-refractivity contribution in [2.24, 2.45) is 0 Å². The molecule has 0 unspecified atom stereocenters. The highest BCUT2D eigenvalue weighted by Gasteiger charge is 2.09. The van der Waals surface area contributed by atoms with Crippen molar-refractivity contribution in [2.75, 3.05) is 0 Å². The zero-order chi connectivity index (χ0) is 12.7. The molecule has 3 rings (SSSR count). The van der Waals surface area contributed by atoms with Crippen molar-refractivity contribution in [3.05, 3.63) is 46.1 Å². The van der Waals surface area contributed by atoms with Crippen LogP contribution < -0.4 is 0 Å². The van der Waals surface area contributed by atoms with Gasteiger partial charge in [0.05, 0.1) is 17.6 Å². The fraction of sp³-hybridized carbons (Fsp3) is 0.231. The molecular formula is C13H13N3OS. The largest absolute Gasteiger partial charge is 0.361 e. The lowest BCUT2D eigenvalue weighted by atomic mass is 10.2. The van der Waals surface area contributed by atoms with E-state index in [0.717, 1.165) is 22.5 Å². The Morgan fingerprint density at radius 1 is 1.39 bits per heavy atom. The summed E-state index contributed by atoms with van der Waals surface area (Å²) < 4.78 is 7.85. The molecule has 18 heavy (non-hydrogen) atoms. The lowest BCUT2D eigenvalue weighted by Crippen LogP contribution is -2.00. The molecule has 2 heterocycles. The molecule has 0 saturated carbocycles. The third-order valence-corrected chi connectivity index (χ3v) is 3.31. The van der Waals surface area contributed by atoms with Crippen molar-refractivity contribution >= 4 is 23.3 Å². The van der Waals surface area contributed by atoms with Crippen molar-refractivity contribution in [1.82, 2.24) is 14.7 Å². The highest BCUT2D eigenvalue weighted by atomic mass is 32.1. The third kappa shape index (κ3) is 1.76. The summed E-state index contributed by atoms with van der Waals surface area (Å²) in [5.74, 6) is 0.813. The maximum Gasteiger partial charge on any atom is 0.178 e. The average Bonchev–Trinajstić information content (AvgIpc) is 2.85. The molecule has 3 aromatic rings. The van der Waals surface area contributed by atoms with Crippen LogP contribution in [0.15, 0.2) is 28.8 Å². The number of aromatic amines is 1. The Balaban J connectivity index is 2.16. The summed E-state index contributed by atoms with van der Waals surface area (Å²) >= 11 is 5.37. The molecule has 0 saturated heterocycles. The van der Waals surface area contributed by atoms with Gasteiger partial charge in [0.2, 0.25) is 0 Å². The number of hydrogen-bond acceptors (Lipinski definition) is 3. The summed E-state index contributed by atoms with van der Waals surface area (Å²) in [6.07, 6.45) is 0. The van der Waals surface area contributed by atoms with E-state index in [-0.39, 0.29) is 0 Å². The highest BCUT2D eigenvalue weighted by Crippen LogP contribution is 2.19. The van der Waals surface area contributed by atoms with E-state index in [4.69, 9.17) is 16.7 Å². The Kier molecular flexibility index (Phi) is 2.56. The Morgan fingerprint density at radius 2 is 2.22 bits per heavy atom. The van der Waals surface area contributed by atoms with E-state index in [2.05, 4.69) is 27.7 Å². The normalized spacial score (nSPS) is 11.2. The first-order chi connectivity index (χ1) is 8.65. The summed E-state index contributed by atoms with van der Waals surface area (Å²) in [5, 5.41) is 4.01. The van der Waals surface area contributed by atoms with Crippen LogP contribution in [0.4, 0.5) is 0 Å². The number of fused-ring (bicyclic) bond motifs is 1. The molecule has 2 aromatic heterocycles. The number of nitrogens with zero attached hydrogens (tertiary/aromatic N) is 2. The van der Waals surface area contributed by atoms with E-state index in [0.29, 0.717) is 11.3 Å². The van der Waals surface area contributed by atoms with Crippen LogP contribution in [-0.2, 0) is 6.54 Å². The maximum absolute atomic E-state index is 5.37. The number of benzene rings is 1. The van der Waals surface area contributed by atoms with Gasteiger partial charge in [-0.05, 0) is 37.7 Å². The first-order valence-electron chi connectivity index (χ1n) is 5.75. The number of rotatable bonds is 2. The first-order valence-corrected chi connectivity index (χ1v) is 6.16. The number of aryl methyl sites for hydroxylation is 2. The van der Waals surface area contributed by atoms with Gasteiger partial charge in [-0.15, -0.1) is 0 Å². The SMILES string of the molecule is Cc1cc(Cn2c(=S)[nH]c3cccc(C)c32)no1. The summed E-state index contributed by atoms with van der Waals surface area (Å²) in [4.78, 5) is 3.21. The average molecular weight is 259 g/mol. The summed E-state index contributed by atoms with van der Waals surface area (Å²) in [6.45, 7) is 4.59. The number of para-hydroxylation sites is 1. The smallest absolute Gasteiger partial charge is 0.178 e. The minimum Gasteiger partial charge on any atom is -0.361 e. The van der Waals surface area contributed by atoms with E-state index in [1.165, 1.54) is 5.56 Å². The molecule has 1 N–H and O–H groups in total. The molecule has 0 aliphatic rings. The van der Waals surface area contributed by atoms with Crippen molar-refractivity contribution in [2.45, 2.75) is 20.4 Å². The van der Waals surface area contributed by atoms with Crippen LogP contribution in [0.2, 0.25) is 0 Å². The molecule has 0 aliphatic heterocycles. The quantitative estimate of drug-likeness (QED) is 0.718. The van der Waals surface area contributed by atoms with Gasteiger partial charge in [0.25, 0.3) is 0 Å². The minimum absolute atomic E-state index is 0.626. The van der Waals surface area contributed by atoms with Gasteiger partial charge in [0, 0.05) is 6.07 Å². The molecule has 0 radical (unpaired) electrons. The summed E-state index contributed by atoms with van der Waals surface area (Å²) in [7, 11) is 0. The van der Waals surface area contributed by atoms with Crippen LogP contribution in [0.5, 0.6) is 0 Å². The van der Waals surface area contributed by atoms with E-state index < -0.39 is 0 Å². The second kappa shape index (κ2) is 4.10. The zero-order valence-electron chi connectivity index (χ0n) is 10.2. The van der Waals surface area contributed by atoms with Crippen LogP contribution >= 0.6 is 12.2 Å². The van der Waals surface area contributed by atoms with Gasteiger partial charge in [-0.25, -0.2) is 0 Å². The standard InChI is InChI=1S/C13H13N3OS/c1-8-4-3-5-11-12(8)16(13(18)14-11)7-10-6-9(2)17-15-10/h3-6H,7H2,1-2H3,(H,14,18). The van der Waals surface area contributed by atoms with Crippen LogP contribution in [0.3, 0.4) is 0 Å². The van der Waals surface area contributed by atoms with Crippen LogP contribution in [0.25, 0.3) is 11.0 Å². The Labute approximate surface area is 109 Å². The molecule has 1 aromatic carbocycles. The Morgan fingerprint density at radius 3 is 2.94 bits per heavy atom. The molecule has 0 spiro atoms. The number of aromatic nitrogens is 3. The Hall–Kier alpha value is -1.88. The van der Waals surface area contributed by atoms with Crippen LogP contribution in [0.1, 0.15) is 17.0 Å². The first kappa shape index (κ1) is 11.2. The number of H-pyrrole nitrogens is 1. The molecule has 0 bridgehead atoms. The van der Waals surface area contributed by atoms with E-state index in [1.54, 1.807) is 0 Å².